The summed E-state index contributed by atoms with van der Waals surface area (Å²) in [5, 5.41) is 15.1. The molecule has 2 aromatic carbocycles. The lowest BCUT2D eigenvalue weighted by Crippen LogP contribution is -2.23. The molecule has 2 aromatic heterocycles. The Labute approximate surface area is 213 Å². The predicted molar refractivity (Wildman–Crippen MR) is 147 cm³/mol. The lowest BCUT2D eigenvalue weighted by Gasteiger charge is -2.19. The van der Waals surface area contributed by atoms with Gasteiger partial charge in [0.05, 0.1) is 6.20 Å². The SMILES string of the molecule is CC(C)Cn1cc(-c2cnc(Nc3ccccc3C(C)C)nc2Nc2ccc3c(c2)CNCC3)cn1. The van der Waals surface area contributed by atoms with Gasteiger partial charge in [0.15, 0.2) is 0 Å². The maximum absolute atomic E-state index is 4.94. The van der Waals surface area contributed by atoms with E-state index in [-0.39, 0.29) is 0 Å². The van der Waals surface area contributed by atoms with Gasteiger partial charge in [0.1, 0.15) is 5.82 Å². The standard InChI is InChI=1S/C29H35N7/c1-19(2)17-36-18-23(15-32-36)26-16-31-29(34-27-8-6-5-7-25(27)20(3)4)35-28(26)33-24-10-9-21-11-12-30-14-22(21)13-24/h5-10,13,15-16,18-20,30H,11-12,14,17H2,1-4H3,(H2,31,33,34,35). The first-order chi connectivity index (χ1) is 17.5. The Balaban J connectivity index is 1.51. The fourth-order valence-corrected chi connectivity index (χ4v) is 4.65. The van der Waals surface area contributed by atoms with Gasteiger partial charge >= 0.3 is 0 Å². The molecule has 0 radical (unpaired) electrons. The minimum absolute atomic E-state index is 0.390. The van der Waals surface area contributed by atoms with Gasteiger partial charge in [-0.25, -0.2) is 4.98 Å². The maximum Gasteiger partial charge on any atom is 0.229 e. The molecule has 0 spiro atoms. The molecule has 0 bridgehead atoms. The highest BCUT2D eigenvalue weighted by Gasteiger charge is 2.15. The molecule has 186 valence electrons. The molecule has 3 N–H and O–H groups in total. The zero-order chi connectivity index (χ0) is 25.1. The molecule has 7 heteroatoms. The molecule has 0 saturated heterocycles. The number of anilines is 4. The number of benzene rings is 2. The Morgan fingerprint density at radius 3 is 2.69 bits per heavy atom. The second-order valence-electron chi connectivity index (χ2n) is 10.2. The third kappa shape index (κ3) is 5.41. The highest BCUT2D eigenvalue weighted by atomic mass is 15.3. The lowest BCUT2D eigenvalue weighted by atomic mass is 10.0. The smallest absolute Gasteiger partial charge is 0.229 e. The Kier molecular flexibility index (Phi) is 7.00. The van der Waals surface area contributed by atoms with E-state index in [1.807, 2.05) is 23.1 Å². The molecule has 3 heterocycles. The van der Waals surface area contributed by atoms with Crippen molar-refractivity contribution in [1.82, 2.24) is 25.1 Å². The van der Waals surface area contributed by atoms with Crippen LogP contribution in [0.4, 0.5) is 23.1 Å². The molecule has 5 rings (SSSR count). The number of nitrogens with one attached hydrogen (secondary N) is 3. The van der Waals surface area contributed by atoms with E-state index in [0.29, 0.717) is 17.8 Å². The summed E-state index contributed by atoms with van der Waals surface area (Å²) >= 11 is 0. The van der Waals surface area contributed by atoms with E-state index in [1.54, 1.807) is 0 Å². The van der Waals surface area contributed by atoms with E-state index in [9.17, 15) is 0 Å². The average Bonchev–Trinajstić information content (AvgIpc) is 3.32. The zero-order valence-electron chi connectivity index (χ0n) is 21.5. The molecule has 4 aromatic rings. The van der Waals surface area contributed by atoms with Crippen molar-refractivity contribution in [1.29, 1.82) is 0 Å². The molecule has 0 saturated carbocycles. The molecular formula is C29H35N7. The van der Waals surface area contributed by atoms with Crippen LogP contribution < -0.4 is 16.0 Å². The van der Waals surface area contributed by atoms with Crippen molar-refractivity contribution in [3.05, 3.63) is 77.7 Å². The Morgan fingerprint density at radius 2 is 1.86 bits per heavy atom. The summed E-state index contributed by atoms with van der Waals surface area (Å²) in [6.07, 6.45) is 6.91. The van der Waals surface area contributed by atoms with Crippen LogP contribution in [0.25, 0.3) is 11.1 Å². The van der Waals surface area contributed by atoms with Gasteiger partial charge in [-0.2, -0.15) is 10.1 Å². The maximum atomic E-state index is 4.94. The second-order valence-corrected chi connectivity index (χ2v) is 10.2. The van der Waals surface area contributed by atoms with Gasteiger partial charge < -0.3 is 16.0 Å². The van der Waals surface area contributed by atoms with Gasteiger partial charge in [-0.1, -0.05) is 52.0 Å². The summed E-state index contributed by atoms with van der Waals surface area (Å²) in [5.74, 6) is 2.22. The number of hydrogen-bond donors (Lipinski definition) is 3. The Hall–Kier alpha value is -3.71. The van der Waals surface area contributed by atoms with E-state index in [1.165, 1.54) is 16.7 Å². The molecule has 36 heavy (non-hydrogen) atoms. The molecule has 7 nitrogen and oxygen atoms in total. The van der Waals surface area contributed by atoms with Crippen LogP contribution in [0.5, 0.6) is 0 Å². The molecule has 1 aliphatic heterocycles. The minimum Gasteiger partial charge on any atom is -0.340 e. The molecular weight excluding hydrogens is 446 g/mol. The van der Waals surface area contributed by atoms with E-state index < -0.39 is 0 Å². The highest BCUT2D eigenvalue weighted by molar-refractivity contribution is 5.78. The van der Waals surface area contributed by atoms with Crippen LogP contribution in [-0.2, 0) is 19.5 Å². The van der Waals surface area contributed by atoms with Crippen LogP contribution in [0.3, 0.4) is 0 Å². The van der Waals surface area contributed by atoms with Gasteiger partial charge in [-0.3, -0.25) is 4.68 Å². The largest absolute Gasteiger partial charge is 0.340 e. The zero-order valence-corrected chi connectivity index (χ0v) is 21.5. The summed E-state index contributed by atoms with van der Waals surface area (Å²) in [5.41, 5.74) is 7.92. The van der Waals surface area contributed by atoms with Crippen molar-refractivity contribution in [2.75, 3.05) is 17.2 Å². The van der Waals surface area contributed by atoms with E-state index in [2.05, 4.69) is 96.3 Å². The number of fused-ring (bicyclic) bond motifs is 1. The summed E-state index contributed by atoms with van der Waals surface area (Å²) in [7, 11) is 0. The van der Waals surface area contributed by atoms with E-state index in [4.69, 9.17) is 4.98 Å². The van der Waals surface area contributed by atoms with Gasteiger partial charge in [0.25, 0.3) is 0 Å². The van der Waals surface area contributed by atoms with Crippen molar-refractivity contribution in [2.24, 2.45) is 5.92 Å². The minimum atomic E-state index is 0.390. The van der Waals surface area contributed by atoms with Gasteiger partial charge in [-0.05, 0) is 59.7 Å². The fraction of sp³-hybridized carbons (Fsp3) is 0.345. The number of hydrogen-bond acceptors (Lipinski definition) is 6. The van der Waals surface area contributed by atoms with Crippen molar-refractivity contribution in [2.45, 2.75) is 53.1 Å². The van der Waals surface area contributed by atoms with E-state index in [0.717, 1.165) is 54.4 Å². The van der Waals surface area contributed by atoms with Crippen molar-refractivity contribution < 1.29 is 0 Å². The summed E-state index contributed by atoms with van der Waals surface area (Å²) < 4.78 is 1.99. The first-order valence-electron chi connectivity index (χ1n) is 12.8. The molecule has 0 atom stereocenters. The van der Waals surface area contributed by atoms with E-state index >= 15 is 0 Å². The summed E-state index contributed by atoms with van der Waals surface area (Å²) in [6, 6.07) is 14.9. The van der Waals surface area contributed by atoms with Gasteiger partial charge in [0, 0.05) is 48.0 Å². The van der Waals surface area contributed by atoms with Gasteiger partial charge in [0.2, 0.25) is 5.95 Å². The van der Waals surface area contributed by atoms with Crippen LogP contribution in [-0.4, -0.2) is 26.3 Å². The van der Waals surface area contributed by atoms with Crippen LogP contribution in [0, 0.1) is 5.92 Å². The number of nitrogens with zero attached hydrogens (tertiary/aromatic N) is 4. The number of aromatic nitrogens is 4. The first-order valence-corrected chi connectivity index (χ1v) is 12.8. The third-order valence-electron chi connectivity index (χ3n) is 6.47. The summed E-state index contributed by atoms with van der Waals surface area (Å²) in [6.45, 7) is 11.6. The first kappa shape index (κ1) is 24.0. The van der Waals surface area contributed by atoms with Crippen molar-refractivity contribution in [3.8, 4) is 11.1 Å². The van der Waals surface area contributed by atoms with Crippen LogP contribution in [0.15, 0.2) is 61.1 Å². The van der Waals surface area contributed by atoms with Crippen LogP contribution in [0.2, 0.25) is 0 Å². The molecule has 1 aliphatic rings. The topological polar surface area (TPSA) is 79.7 Å². The van der Waals surface area contributed by atoms with Crippen LogP contribution in [0.1, 0.15) is 50.3 Å². The Morgan fingerprint density at radius 1 is 1.00 bits per heavy atom. The second kappa shape index (κ2) is 10.5. The quantitative estimate of drug-likeness (QED) is 0.276. The lowest BCUT2D eigenvalue weighted by molar-refractivity contribution is 0.483. The molecule has 0 unspecified atom stereocenters. The van der Waals surface area contributed by atoms with Gasteiger partial charge in [-0.15, -0.1) is 0 Å². The highest BCUT2D eigenvalue weighted by Crippen LogP contribution is 2.32. The predicted octanol–water partition coefficient (Wildman–Crippen LogP) is 6.25. The summed E-state index contributed by atoms with van der Waals surface area (Å²) in [4.78, 5) is 9.62. The number of para-hydroxylation sites is 1. The fourth-order valence-electron chi connectivity index (χ4n) is 4.65. The molecule has 0 aliphatic carbocycles. The Bertz CT molecular complexity index is 1340. The van der Waals surface area contributed by atoms with Crippen molar-refractivity contribution in [3.63, 3.8) is 0 Å². The molecule has 0 fully saturated rings. The third-order valence-corrected chi connectivity index (χ3v) is 6.47. The van der Waals surface area contributed by atoms with Crippen LogP contribution >= 0.6 is 0 Å². The normalized spacial score (nSPS) is 13.2. The monoisotopic (exact) mass is 481 g/mol. The van der Waals surface area contributed by atoms with Crippen molar-refractivity contribution >= 4 is 23.1 Å². The molecule has 0 amide bonds. The number of rotatable bonds is 8. The average molecular weight is 482 g/mol.